The van der Waals surface area contributed by atoms with Gasteiger partial charge in [0.15, 0.2) is 0 Å². The predicted molar refractivity (Wildman–Crippen MR) is 89.5 cm³/mol. The van der Waals surface area contributed by atoms with Crippen molar-refractivity contribution in [1.82, 2.24) is 0 Å². The molecule has 1 rings (SSSR count). The molecule has 0 spiro atoms. The van der Waals surface area contributed by atoms with Crippen LogP contribution in [0.4, 0.5) is 0 Å². The summed E-state index contributed by atoms with van der Waals surface area (Å²) in [4.78, 5) is 10.9. The Morgan fingerprint density at radius 1 is 1.26 bits per heavy atom. The van der Waals surface area contributed by atoms with Gasteiger partial charge in [-0.1, -0.05) is 25.4 Å². The third-order valence-corrected chi connectivity index (χ3v) is 3.81. The second-order valence-corrected chi connectivity index (χ2v) is 6.11. The van der Waals surface area contributed by atoms with E-state index in [1.165, 1.54) is 0 Å². The van der Waals surface area contributed by atoms with Crippen LogP contribution in [-0.4, -0.2) is 38.0 Å². The largest absolute Gasteiger partial charge is 0.493 e. The zero-order valence-corrected chi connectivity index (χ0v) is 14.6. The molecule has 0 aliphatic rings. The fourth-order valence-corrected chi connectivity index (χ4v) is 2.16. The van der Waals surface area contributed by atoms with Gasteiger partial charge in [-0.3, -0.25) is 4.79 Å². The van der Waals surface area contributed by atoms with Crippen molar-refractivity contribution in [2.45, 2.75) is 26.7 Å². The van der Waals surface area contributed by atoms with Crippen molar-refractivity contribution in [3.63, 3.8) is 0 Å². The standard InChI is InChI=1S/C17H25ClO5/c1-12(2)13(9-17(19)20)11-23-14-5-6-15(18)16(10-14)22-8-4-7-21-3/h5-6,10,12-13H,4,7-9,11H2,1-3H3,(H,19,20)/t13-/m0/s1. The molecule has 0 amide bonds. The average Bonchev–Trinajstić information content (AvgIpc) is 2.49. The Morgan fingerprint density at radius 2 is 2.00 bits per heavy atom. The zero-order valence-electron chi connectivity index (χ0n) is 13.9. The summed E-state index contributed by atoms with van der Waals surface area (Å²) < 4.78 is 16.3. The summed E-state index contributed by atoms with van der Waals surface area (Å²) >= 11 is 6.10. The van der Waals surface area contributed by atoms with Crippen molar-refractivity contribution in [3.8, 4) is 11.5 Å². The molecule has 0 fully saturated rings. The minimum atomic E-state index is -0.814. The molecular weight excluding hydrogens is 320 g/mol. The van der Waals surface area contributed by atoms with Gasteiger partial charge in [-0.2, -0.15) is 0 Å². The van der Waals surface area contributed by atoms with Crippen LogP contribution < -0.4 is 9.47 Å². The first-order valence-corrected chi connectivity index (χ1v) is 8.07. The summed E-state index contributed by atoms with van der Waals surface area (Å²) in [7, 11) is 1.64. The van der Waals surface area contributed by atoms with Crippen molar-refractivity contribution in [2.75, 3.05) is 26.9 Å². The number of aliphatic carboxylic acids is 1. The molecule has 1 aromatic rings. The van der Waals surface area contributed by atoms with Crippen LogP contribution in [0.3, 0.4) is 0 Å². The first kappa shape index (κ1) is 19.6. The third kappa shape index (κ3) is 7.57. The molecule has 0 aliphatic heterocycles. The molecule has 5 nitrogen and oxygen atoms in total. The molecule has 6 heteroatoms. The molecule has 23 heavy (non-hydrogen) atoms. The summed E-state index contributed by atoms with van der Waals surface area (Å²) in [6.07, 6.45) is 0.859. The molecule has 1 atom stereocenters. The van der Waals surface area contributed by atoms with Crippen molar-refractivity contribution in [3.05, 3.63) is 23.2 Å². The number of hydrogen-bond donors (Lipinski definition) is 1. The molecule has 0 aromatic heterocycles. The molecule has 0 radical (unpaired) electrons. The molecule has 1 N–H and O–H groups in total. The Kier molecular flexibility index (Phi) is 8.81. The van der Waals surface area contributed by atoms with E-state index in [1.807, 2.05) is 13.8 Å². The van der Waals surface area contributed by atoms with Crippen LogP contribution in [0.15, 0.2) is 18.2 Å². The van der Waals surface area contributed by atoms with Crippen LogP contribution in [0, 0.1) is 11.8 Å². The predicted octanol–water partition coefficient (Wildman–Crippen LogP) is 3.88. The number of rotatable bonds is 11. The summed E-state index contributed by atoms with van der Waals surface area (Å²) in [6.45, 7) is 5.45. The van der Waals surface area contributed by atoms with Crippen LogP contribution in [-0.2, 0) is 9.53 Å². The molecule has 0 aliphatic carbocycles. The van der Waals surface area contributed by atoms with E-state index in [-0.39, 0.29) is 18.3 Å². The van der Waals surface area contributed by atoms with Crippen molar-refractivity contribution < 1.29 is 24.1 Å². The highest BCUT2D eigenvalue weighted by atomic mass is 35.5. The van der Waals surface area contributed by atoms with Crippen molar-refractivity contribution >= 4 is 17.6 Å². The van der Waals surface area contributed by atoms with Gasteiger partial charge >= 0.3 is 5.97 Å². The number of methoxy groups -OCH3 is 1. The Morgan fingerprint density at radius 3 is 2.61 bits per heavy atom. The van der Waals surface area contributed by atoms with Gasteiger partial charge in [0.05, 0.1) is 24.7 Å². The van der Waals surface area contributed by atoms with Gasteiger partial charge in [-0.15, -0.1) is 0 Å². The average molecular weight is 345 g/mol. The number of carboxylic acid groups (broad SMARTS) is 1. The topological polar surface area (TPSA) is 65.0 Å². The number of carbonyl (C=O) groups is 1. The number of ether oxygens (including phenoxy) is 3. The van der Waals surface area contributed by atoms with Gasteiger partial charge in [-0.25, -0.2) is 0 Å². The lowest BCUT2D eigenvalue weighted by Crippen LogP contribution is -2.21. The summed E-state index contributed by atoms with van der Waals surface area (Å²) in [5.41, 5.74) is 0. The maximum absolute atomic E-state index is 10.9. The lowest BCUT2D eigenvalue weighted by atomic mass is 9.93. The molecule has 0 bridgehead atoms. The summed E-state index contributed by atoms with van der Waals surface area (Å²) in [5, 5.41) is 9.46. The van der Waals surface area contributed by atoms with Crippen molar-refractivity contribution in [1.29, 1.82) is 0 Å². The second kappa shape index (κ2) is 10.3. The fourth-order valence-electron chi connectivity index (χ4n) is 1.98. The lowest BCUT2D eigenvalue weighted by molar-refractivity contribution is -0.138. The first-order valence-electron chi connectivity index (χ1n) is 7.70. The van der Waals surface area contributed by atoms with Crippen LogP contribution in [0.25, 0.3) is 0 Å². The highest BCUT2D eigenvalue weighted by Crippen LogP contribution is 2.30. The van der Waals surface area contributed by atoms with E-state index in [1.54, 1.807) is 25.3 Å². The molecule has 0 unspecified atom stereocenters. The number of hydrogen-bond acceptors (Lipinski definition) is 4. The molecule has 0 saturated heterocycles. The van der Waals surface area contributed by atoms with E-state index in [0.29, 0.717) is 36.3 Å². The van der Waals surface area contributed by atoms with Gasteiger partial charge in [0, 0.05) is 32.1 Å². The number of halogens is 1. The molecule has 130 valence electrons. The number of carboxylic acids is 1. The normalized spacial score (nSPS) is 12.2. The zero-order chi connectivity index (χ0) is 17.2. The van der Waals surface area contributed by atoms with E-state index >= 15 is 0 Å². The SMILES string of the molecule is COCCCOc1cc(OC[C@H](CC(=O)O)C(C)C)ccc1Cl. The van der Waals surface area contributed by atoms with Crippen molar-refractivity contribution in [2.24, 2.45) is 11.8 Å². The quantitative estimate of drug-likeness (QED) is 0.617. The Balaban J connectivity index is 2.60. The van der Waals surface area contributed by atoms with Gasteiger partial charge in [0.25, 0.3) is 0 Å². The minimum absolute atomic E-state index is 0.0470. The maximum Gasteiger partial charge on any atom is 0.303 e. The fraction of sp³-hybridized carbons (Fsp3) is 0.588. The van der Waals surface area contributed by atoms with E-state index in [2.05, 4.69) is 0 Å². The monoisotopic (exact) mass is 344 g/mol. The van der Waals surface area contributed by atoms with Gasteiger partial charge in [0.2, 0.25) is 0 Å². The second-order valence-electron chi connectivity index (χ2n) is 5.70. The lowest BCUT2D eigenvalue weighted by Gasteiger charge is -2.19. The number of benzene rings is 1. The van der Waals surface area contributed by atoms with Gasteiger partial charge in [0.1, 0.15) is 11.5 Å². The molecular formula is C17H25ClO5. The van der Waals surface area contributed by atoms with E-state index < -0.39 is 5.97 Å². The molecule has 0 heterocycles. The minimum Gasteiger partial charge on any atom is -0.493 e. The first-order chi connectivity index (χ1) is 10.9. The van der Waals surface area contributed by atoms with Gasteiger partial charge in [-0.05, 0) is 18.1 Å². The third-order valence-electron chi connectivity index (χ3n) is 3.50. The van der Waals surface area contributed by atoms with Crippen LogP contribution in [0.2, 0.25) is 5.02 Å². The van der Waals surface area contributed by atoms with E-state index in [0.717, 1.165) is 6.42 Å². The highest BCUT2D eigenvalue weighted by Gasteiger charge is 2.18. The Labute approximate surface area is 142 Å². The van der Waals surface area contributed by atoms with Crippen LogP contribution >= 0.6 is 11.6 Å². The Hall–Kier alpha value is -1.46. The highest BCUT2D eigenvalue weighted by molar-refractivity contribution is 6.32. The summed E-state index contributed by atoms with van der Waals surface area (Å²) in [6, 6.07) is 5.19. The van der Waals surface area contributed by atoms with Gasteiger partial charge < -0.3 is 19.3 Å². The van der Waals surface area contributed by atoms with Crippen LogP contribution in [0.5, 0.6) is 11.5 Å². The molecule has 0 saturated carbocycles. The van der Waals surface area contributed by atoms with E-state index in [9.17, 15) is 4.79 Å². The van der Waals surface area contributed by atoms with Crippen LogP contribution in [0.1, 0.15) is 26.7 Å². The Bertz CT molecular complexity index is 490. The molecule has 1 aromatic carbocycles. The van der Waals surface area contributed by atoms with E-state index in [4.69, 9.17) is 30.9 Å². The summed E-state index contributed by atoms with van der Waals surface area (Å²) in [5.74, 6) is 0.537. The smallest absolute Gasteiger partial charge is 0.303 e. The maximum atomic E-state index is 10.9.